The number of benzene rings is 1. The van der Waals surface area contributed by atoms with Crippen LogP contribution in [-0.2, 0) is 14.8 Å². The molecule has 0 spiro atoms. The van der Waals surface area contributed by atoms with Gasteiger partial charge in [0, 0.05) is 29.7 Å². The molecular weight excluding hydrogens is 380 g/mol. The maximum Gasteiger partial charge on any atom is 0.310 e. The average Bonchev–Trinajstić information content (AvgIpc) is 2.83. The van der Waals surface area contributed by atoms with E-state index in [4.69, 9.17) is 5.11 Å². The Morgan fingerprint density at radius 3 is 2.59 bits per heavy atom. The van der Waals surface area contributed by atoms with Gasteiger partial charge in [0.25, 0.3) is 5.69 Å². The summed E-state index contributed by atoms with van der Waals surface area (Å²) in [6.45, 7) is 1.38. The molecule has 2 rings (SSSR count). The van der Waals surface area contributed by atoms with Crippen LogP contribution in [0, 0.1) is 15.5 Å². The minimum absolute atomic E-state index is 0.0610. The molecule has 1 aromatic rings. The maximum absolute atomic E-state index is 12.6. The molecule has 1 saturated heterocycles. The Balaban J connectivity index is 2.40. The number of nitro benzene ring substituents is 1. The number of nitrogens with zero attached hydrogens (tertiary/aromatic N) is 2. The van der Waals surface area contributed by atoms with Crippen LogP contribution in [0.2, 0.25) is 0 Å². The summed E-state index contributed by atoms with van der Waals surface area (Å²) in [4.78, 5) is 21.1. The first-order chi connectivity index (χ1) is 10.1. The summed E-state index contributed by atoms with van der Waals surface area (Å²) in [6.07, 6.45) is 0.192. The van der Waals surface area contributed by atoms with Gasteiger partial charge in [-0.3, -0.25) is 14.9 Å². The SMILES string of the molecule is CC1(C(=O)O)CCN(S(=O)(=O)c2cc(Br)cc([N+](=O)[O-])c2)C1. The van der Waals surface area contributed by atoms with E-state index in [1.807, 2.05) is 0 Å². The van der Waals surface area contributed by atoms with E-state index in [2.05, 4.69) is 15.9 Å². The van der Waals surface area contributed by atoms with Crippen LogP contribution in [0.4, 0.5) is 5.69 Å². The lowest BCUT2D eigenvalue weighted by atomic mass is 9.90. The highest BCUT2D eigenvalue weighted by Crippen LogP contribution is 2.35. The van der Waals surface area contributed by atoms with Gasteiger partial charge in [-0.1, -0.05) is 15.9 Å². The molecule has 0 saturated carbocycles. The van der Waals surface area contributed by atoms with E-state index in [-0.39, 0.29) is 34.6 Å². The molecule has 0 bridgehead atoms. The number of sulfonamides is 1. The number of nitro groups is 1. The van der Waals surface area contributed by atoms with Gasteiger partial charge in [-0.15, -0.1) is 0 Å². The van der Waals surface area contributed by atoms with E-state index in [0.717, 1.165) is 10.4 Å². The number of rotatable bonds is 4. The van der Waals surface area contributed by atoms with E-state index in [0.29, 0.717) is 0 Å². The quantitative estimate of drug-likeness (QED) is 0.616. The highest BCUT2D eigenvalue weighted by atomic mass is 79.9. The first-order valence-electron chi connectivity index (χ1n) is 6.25. The first kappa shape index (κ1) is 16.8. The van der Waals surface area contributed by atoms with Crippen molar-refractivity contribution < 1.29 is 23.2 Å². The molecule has 1 fully saturated rings. The lowest BCUT2D eigenvalue weighted by Crippen LogP contribution is -2.34. The molecule has 120 valence electrons. The molecule has 0 radical (unpaired) electrons. The van der Waals surface area contributed by atoms with Gasteiger partial charge in [-0.2, -0.15) is 4.31 Å². The summed E-state index contributed by atoms with van der Waals surface area (Å²) in [5.41, 5.74) is -1.50. The second-order valence-corrected chi connectivity index (χ2v) is 8.21. The summed E-state index contributed by atoms with van der Waals surface area (Å²) in [5, 5.41) is 20.0. The second kappa shape index (κ2) is 5.60. The van der Waals surface area contributed by atoms with Crippen LogP contribution in [0.1, 0.15) is 13.3 Å². The smallest absolute Gasteiger partial charge is 0.310 e. The zero-order valence-electron chi connectivity index (χ0n) is 11.5. The van der Waals surface area contributed by atoms with Gasteiger partial charge in [0.1, 0.15) is 0 Å². The summed E-state index contributed by atoms with van der Waals surface area (Å²) in [6, 6.07) is 3.43. The first-order valence-corrected chi connectivity index (χ1v) is 8.48. The van der Waals surface area contributed by atoms with Crippen molar-refractivity contribution in [1.82, 2.24) is 4.31 Å². The third-order valence-corrected chi connectivity index (χ3v) is 5.94. The molecule has 8 nitrogen and oxygen atoms in total. The van der Waals surface area contributed by atoms with Crippen molar-refractivity contribution in [2.24, 2.45) is 5.41 Å². The Labute approximate surface area is 135 Å². The van der Waals surface area contributed by atoms with Crippen LogP contribution in [0.15, 0.2) is 27.6 Å². The topological polar surface area (TPSA) is 118 Å². The van der Waals surface area contributed by atoms with E-state index >= 15 is 0 Å². The third kappa shape index (κ3) is 2.99. The molecule has 0 aromatic heterocycles. The van der Waals surface area contributed by atoms with Gasteiger partial charge < -0.3 is 5.11 Å². The molecule has 10 heteroatoms. The normalized spacial score (nSPS) is 22.6. The number of carbonyl (C=O) groups is 1. The monoisotopic (exact) mass is 392 g/mol. The molecule has 1 atom stereocenters. The van der Waals surface area contributed by atoms with Crippen LogP contribution in [0.5, 0.6) is 0 Å². The lowest BCUT2D eigenvalue weighted by Gasteiger charge is -2.20. The molecule has 0 amide bonds. The van der Waals surface area contributed by atoms with Crippen LogP contribution in [0.25, 0.3) is 0 Å². The van der Waals surface area contributed by atoms with Crippen molar-refractivity contribution in [3.63, 3.8) is 0 Å². The van der Waals surface area contributed by atoms with E-state index in [1.165, 1.54) is 19.1 Å². The fourth-order valence-corrected chi connectivity index (χ4v) is 4.51. The molecule has 1 aliphatic heterocycles. The molecule has 1 N–H and O–H groups in total. The van der Waals surface area contributed by atoms with Crippen molar-refractivity contribution in [2.75, 3.05) is 13.1 Å². The van der Waals surface area contributed by atoms with Gasteiger partial charge in [0.15, 0.2) is 0 Å². The molecule has 1 heterocycles. The van der Waals surface area contributed by atoms with Gasteiger partial charge in [-0.05, 0) is 19.4 Å². The number of hydrogen-bond acceptors (Lipinski definition) is 5. The standard InChI is InChI=1S/C12H13BrN2O6S/c1-12(11(16)17)2-3-14(7-12)22(20,21)10-5-8(13)4-9(6-10)15(18)19/h4-6H,2-3,7H2,1H3,(H,16,17). The predicted octanol–water partition coefficient (Wildman–Crippen LogP) is 1.84. The summed E-state index contributed by atoms with van der Waals surface area (Å²) in [7, 11) is -3.99. The van der Waals surface area contributed by atoms with Crippen molar-refractivity contribution in [3.8, 4) is 0 Å². The van der Waals surface area contributed by atoms with Crippen LogP contribution < -0.4 is 0 Å². The number of hydrogen-bond donors (Lipinski definition) is 1. The molecule has 0 aliphatic carbocycles. The number of non-ortho nitro benzene ring substituents is 1. The van der Waals surface area contributed by atoms with Crippen molar-refractivity contribution in [1.29, 1.82) is 0 Å². The Bertz CT molecular complexity index is 750. The van der Waals surface area contributed by atoms with Gasteiger partial charge in [-0.25, -0.2) is 8.42 Å². The molecule has 1 unspecified atom stereocenters. The van der Waals surface area contributed by atoms with Gasteiger partial charge in [0.05, 0.1) is 15.2 Å². The zero-order valence-corrected chi connectivity index (χ0v) is 13.9. The van der Waals surface area contributed by atoms with Crippen LogP contribution in [0.3, 0.4) is 0 Å². The van der Waals surface area contributed by atoms with Gasteiger partial charge >= 0.3 is 5.97 Å². The maximum atomic E-state index is 12.6. The molecule has 22 heavy (non-hydrogen) atoms. The predicted molar refractivity (Wildman–Crippen MR) is 79.9 cm³/mol. The van der Waals surface area contributed by atoms with Crippen LogP contribution >= 0.6 is 15.9 Å². The summed E-state index contributed by atoms with van der Waals surface area (Å²) in [5.74, 6) is -1.06. The molecule has 1 aliphatic rings. The van der Waals surface area contributed by atoms with E-state index in [9.17, 15) is 23.3 Å². The Morgan fingerprint density at radius 1 is 1.45 bits per heavy atom. The van der Waals surface area contributed by atoms with Gasteiger partial charge in [0.2, 0.25) is 10.0 Å². The van der Waals surface area contributed by atoms with Crippen molar-refractivity contribution in [3.05, 3.63) is 32.8 Å². The number of aliphatic carboxylic acids is 1. The minimum Gasteiger partial charge on any atom is -0.481 e. The molecule has 1 aromatic carbocycles. The minimum atomic E-state index is -3.99. The van der Waals surface area contributed by atoms with Crippen molar-refractivity contribution >= 4 is 37.6 Å². The Kier molecular flexibility index (Phi) is 4.28. The third-order valence-electron chi connectivity index (χ3n) is 3.66. The lowest BCUT2D eigenvalue weighted by molar-refractivity contribution is -0.385. The van der Waals surface area contributed by atoms with Crippen LogP contribution in [-0.4, -0.2) is 41.8 Å². The number of carboxylic acid groups (broad SMARTS) is 1. The largest absolute Gasteiger partial charge is 0.481 e. The highest BCUT2D eigenvalue weighted by Gasteiger charge is 2.45. The van der Waals surface area contributed by atoms with E-state index in [1.54, 1.807) is 0 Å². The number of halogens is 1. The Hall–Kier alpha value is -1.52. The van der Waals surface area contributed by atoms with Crippen molar-refractivity contribution in [2.45, 2.75) is 18.2 Å². The fraction of sp³-hybridized carbons (Fsp3) is 0.417. The molecular formula is C12H13BrN2O6S. The highest BCUT2D eigenvalue weighted by molar-refractivity contribution is 9.10. The second-order valence-electron chi connectivity index (χ2n) is 5.36. The fourth-order valence-electron chi connectivity index (χ4n) is 2.25. The summed E-state index contributed by atoms with van der Waals surface area (Å²) < 4.78 is 26.4. The average molecular weight is 393 g/mol. The Morgan fingerprint density at radius 2 is 2.09 bits per heavy atom. The number of carboxylic acids is 1. The summed E-state index contributed by atoms with van der Waals surface area (Å²) >= 11 is 3.05. The zero-order chi connectivity index (χ0) is 16.7. The van der Waals surface area contributed by atoms with E-state index < -0.39 is 26.3 Å².